The van der Waals surface area contributed by atoms with E-state index in [0.29, 0.717) is 11.6 Å². The van der Waals surface area contributed by atoms with Gasteiger partial charge < -0.3 is 10.0 Å². The van der Waals surface area contributed by atoms with Crippen LogP contribution in [0, 0.1) is 5.92 Å². The van der Waals surface area contributed by atoms with Gasteiger partial charge in [-0.2, -0.15) is 0 Å². The van der Waals surface area contributed by atoms with E-state index in [1.54, 1.807) is 11.0 Å². The highest BCUT2D eigenvalue weighted by Gasteiger charge is 2.55. The minimum atomic E-state index is -0.846. The van der Waals surface area contributed by atoms with E-state index in [2.05, 4.69) is 0 Å². The third-order valence-electron chi connectivity index (χ3n) is 5.69. The molecule has 0 unspecified atom stereocenters. The zero-order chi connectivity index (χ0) is 18.3. The van der Waals surface area contributed by atoms with Crippen molar-refractivity contribution in [2.75, 3.05) is 13.1 Å². The zero-order valence-electron chi connectivity index (χ0n) is 14.3. The summed E-state index contributed by atoms with van der Waals surface area (Å²) in [5, 5.41) is 10.3. The van der Waals surface area contributed by atoms with Crippen LogP contribution in [0.25, 0.3) is 0 Å². The van der Waals surface area contributed by atoms with Crippen LogP contribution in [0.1, 0.15) is 29.9 Å². The molecule has 1 heterocycles. The minimum Gasteiger partial charge on any atom is -0.481 e. The summed E-state index contributed by atoms with van der Waals surface area (Å²) in [5.41, 5.74) is 1.38. The van der Waals surface area contributed by atoms with Crippen LogP contribution in [-0.4, -0.2) is 35.0 Å². The molecule has 134 valence electrons. The first-order valence-electron chi connectivity index (χ1n) is 8.84. The number of carbonyl (C=O) groups is 2. The number of rotatable bonds is 4. The van der Waals surface area contributed by atoms with Crippen molar-refractivity contribution in [3.05, 3.63) is 70.7 Å². The van der Waals surface area contributed by atoms with Gasteiger partial charge in [0.05, 0.1) is 11.3 Å². The first-order chi connectivity index (χ1) is 12.5. The van der Waals surface area contributed by atoms with Crippen LogP contribution in [0.2, 0.25) is 5.02 Å². The Morgan fingerprint density at radius 2 is 1.77 bits per heavy atom. The van der Waals surface area contributed by atoms with E-state index in [1.807, 2.05) is 48.5 Å². The molecule has 2 fully saturated rings. The van der Waals surface area contributed by atoms with E-state index >= 15 is 0 Å². The number of hydrogen-bond acceptors (Lipinski definition) is 2. The summed E-state index contributed by atoms with van der Waals surface area (Å²) >= 11 is 6.11. The van der Waals surface area contributed by atoms with Gasteiger partial charge in [0.1, 0.15) is 0 Å². The van der Waals surface area contributed by atoms with Crippen molar-refractivity contribution in [2.24, 2.45) is 5.92 Å². The van der Waals surface area contributed by atoms with Crippen molar-refractivity contribution in [3.63, 3.8) is 0 Å². The van der Waals surface area contributed by atoms with E-state index in [0.717, 1.165) is 24.0 Å². The molecule has 2 aromatic rings. The zero-order valence-corrected chi connectivity index (χ0v) is 15.0. The number of hydrogen-bond donors (Lipinski definition) is 1. The summed E-state index contributed by atoms with van der Waals surface area (Å²) < 4.78 is 0. The molecular weight excluding hydrogens is 350 g/mol. The Labute approximate surface area is 157 Å². The van der Waals surface area contributed by atoms with Gasteiger partial charge in [-0.05, 0) is 36.1 Å². The van der Waals surface area contributed by atoms with Gasteiger partial charge in [0.25, 0.3) is 0 Å². The summed E-state index contributed by atoms with van der Waals surface area (Å²) in [7, 11) is 0. The van der Waals surface area contributed by atoms with Crippen LogP contribution >= 0.6 is 11.6 Å². The Morgan fingerprint density at radius 1 is 1.04 bits per heavy atom. The van der Waals surface area contributed by atoms with Crippen molar-refractivity contribution < 1.29 is 14.7 Å². The van der Waals surface area contributed by atoms with Crippen molar-refractivity contribution in [1.82, 2.24) is 4.90 Å². The molecule has 1 amide bonds. The second-order valence-electron chi connectivity index (χ2n) is 7.26. The van der Waals surface area contributed by atoms with Crippen molar-refractivity contribution in [1.29, 1.82) is 0 Å². The highest BCUT2D eigenvalue weighted by molar-refractivity contribution is 6.30. The maximum absolute atomic E-state index is 13.3. The average Bonchev–Trinajstić information content (AvgIpc) is 3.33. The normalized spacial score (nSPS) is 23.7. The number of likely N-dealkylation sites (tertiary alicyclic amines) is 1. The van der Waals surface area contributed by atoms with Gasteiger partial charge in [-0.1, -0.05) is 54.1 Å². The van der Waals surface area contributed by atoms with E-state index < -0.39 is 17.3 Å². The molecule has 0 radical (unpaired) electrons. The molecule has 1 N–H and O–H groups in total. The van der Waals surface area contributed by atoms with Crippen LogP contribution in [0.4, 0.5) is 0 Å². The minimum absolute atomic E-state index is 0.0319. The number of carboxylic acids is 1. The Balaban J connectivity index is 1.60. The molecule has 0 aromatic heterocycles. The van der Waals surface area contributed by atoms with Gasteiger partial charge in [0.15, 0.2) is 0 Å². The van der Waals surface area contributed by atoms with Crippen molar-refractivity contribution in [3.8, 4) is 0 Å². The molecule has 1 aliphatic carbocycles. The van der Waals surface area contributed by atoms with Crippen LogP contribution in [0.5, 0.6) is 0 Å². The summed E-state index contributed by atoms with van der Waals surface area (Å²) in [6.45, 7) is 0.707. The summed E-state index contributed by atoms with van der Waals surface area (Å²) in [5.74, 6) is -1.56. The third-order valence-corrected chi connectivity index (χ3v) is 5.92. The maximum Gasteiger partial charge on any atom is 0.308 e. The van der Waals surface area contributed by atoms with Gasteiger partial charge in [0, 0.05) is 24.0 Å². The van der Waals surface area contributed by atoms with Crippen LogP contribution in [0.3, 0.4) is 0 Å². The summed E-state index contributed by atoms with van der Waals surface area (Å²) in [6, 6.07) is 17.1. The second-order valence-corrected chi connectivity index (χ2v) is 7.70. The Hall–Kier alpha value is -2.33. The molecule has 1 saturated heterocycles. The number of aliphatic carboxylic acids is 1. The number of carbonyl (C=O) groups excluding carboxylic acids is 1. The number of nitrogens with zero attached hydrogens (tertiary/aromatic N) is 1. The maximum atomic E-state index is 13.3. The van der Waals surface area contributed by atoms with Crippen LogP contribution in [-0.2, 0) is 15.0 Å². The van der Waals surface area contributed by atoms with Crippen molar-refractivity contribution in [2.45, 2.75) is 24.2 Å². The van der Waals surface area contributed by atoms with Gasteiger partial charge in [-0.15, -0.1) is 0 Å². The van der Waals surface area contributed by atoms with Gasteiger partial charge in [0.2, 0.25) is 5.91 Å². The smallest absolute Gasteiger partial charge is 0.308 e. The van der Waals surface area contributed by atoms with Gasteiger partial charge in [-0.3, -0.25) is 9.59 Å². The molecule has 0 bridgehead atoms. The Bertz CT molecular complexity index is 847. The lowest BCUT2D eigenvalue weighted by atomic mass is 9.89. The fourth-order valence-corrected chi connectivity index (χ4v) is 4.29. The highest BCUT2D eigenvalue weighted by Crippen LogP contribution is 2.51. The SMILES string of the molecule is O=C(O)[C@@H]1CN(C(=O)C2(c3cccc(Cl)c3)CC2)C[C@@H]1c1ccccc1. The lowest BCUT2D eigenvalue weighted by Crippen LogP contribution is -2.38. The molecule has 1 saturated carbocycles. The highest BCUT2D eigenvalue weighted by atomic mass is 35.5. The molecule has 2 aliphatic rings. The number of amides is 1. The van der Waals surface area contributed by atoms with Gasteiger partial charge >= 0.3 is 5.97 Å². The second kappa shape index (κ2) is 6.44. The van der Waals surface area contributed by atoms with Crippen LogP contribution < -0.4 is 0 Å². The molecule has 0 spiro atoms. The molecular formula is C21H20ClNO3. The first-order valence-corrected chi connectivity index (χ1v) is 9.22. The van der Waals surface area contributed by atoms with Crippen LogP contribution in [0.15, 0.2) is 54.6 Å². The van der Waals surface area contributed by atoms with E-state index in [4.69, 9.17) is 11.6 Å². The molecule has 1 aliphatic heterocycles. The fraction of sp³-hybridized carbons (Fsp3) is 0.333. The average molecular weight is 370 g/mol. The molecule has 2 aromatic carbocycles. The van der Waals surface area contributed by atoms with E-state index in [-0.39, 0.29) is 18.4 Å². The molecule has 4 rings (SSSR count). The Kier molecular flexibility index (Phi) is 4.23. The largest absolute Gasteiger partial charge is 0.481 e. The standard InChI is InChI=1S/C21H20ClNO3/c22-16-8-4-7-15(11-16)21(9-10-21)20(26)23-12-17(18(13-23)19(24)25)14-5-2-1-3-6-14/h1-8,11,17-18H,9-10,12-13H2,(H,24,25)/t17-,18-/m1/s1. The molecule has 26 heavy (non-hydrogen) atoms. The topological polar surface area (TPSA) is 57.6 Å². The number of benzene rings is 2. The van der Waals surface area contributed by atoms with Crippen molar-refractivity contribution >= 4 is 23.5 Å². The Morgan fingerprint density at radius 3 is 2.38 bits per heavy atom. The molecule has 4 nitrogen and oxygen atoms in total. The number of halogens is 1. The predicted octanol–water partition coefficient (Wildman–Crippen LogP) is 3.70. The predicted molar refractivity (Wildman–Crippen MR) is 99.3 cm³/mol. The third kappa shape index (κ3) is 2.88. The first kappa shape index (κ1) is 17.1. The lowest BCUT2D eigenvalue weighted by Gasteiger charge is -2.24. The lowest BCUT2D eigenvalue weighted by molar-refractivity contribution is -0.142. The van der Waals surface area contributed by atoms with E-state index in [1.165, 1.54) is 0 Å². The monoisotopic (exact) mass is 369 g/mol. The quantitative estimate of drug-likeness (QED) is 0.894. The number of carboxylic acid groups (broad SMARTS) is 1. The van der Waals surface area contributed by atoms with E-state index in [9.17, 15) is 14.7 Å². The van der Waals surface area contributed by atoms with Gasteiger partial charge in [-0.25, -0.2) is 0 Å². The summed E-state index contributed by atoms with van der Waals surface area (Å²) in [6.07, 6.45) is 1.58. The molecule has 2 atom stereocenters. The summed E-state index contributed by atoms with van der Waals surface area (Å²) in [4.78, 5) is 26.8. The fourth-order valence-electron chi connectivity index (χ4n) is 4.10. The molecule has 5 heteroatoms.